The predicted octanol–water partition coefficient (Wildman–Crippen LogP) is -0.854. The third kappa shape index (κ3) is 3.56. The van der Waals surface area contributed by atoms with Crippen LogP contribution in [0.5, 0.6) is 5.75 Å². The molecule has 0 spiro atoms. The molecule has 0 aliphatic heterocycles. The summed E-state index contributed by atoms with van der Waals surface area (Å²) in [5.41, 5.74) is 11.0. The first-order valence-electron chi connectivity index (χ1n) is 4.61. The van der Waals surface area contributed by atoms with Crippen LogP contribution in [0.1, 0.15) is 11.4 Å². The maximum atomic E-state index is 10.8. The van der Waals surface area contributed by atoms with E-state index in [9.17, 15) is 9.59 Å². The number of pyridine rings is 1. The number of primary amides is 2. The minimum Gasteiger partial charge on any atom is -0.497 e. The lowest BCUT2D eigenvalue weighted by Crippen LogP contribution is -2.17. The van der Waals surface area contributed by atoms with Crippen LogP contribution in [0.3, 0.4) is 0 Å². The van der Waals surface area contributed by atoms with Crippen molar-refractivity contribution in [1.82, 2.24) is 4.98 Å². The van der Waals surface area contributed by atoms with E-state index in [1.54, 1.807) is 12.1 Å². The topological polar surface area (TPSA) is 108 Å². The Bertz CT molecular complexity index is 384. The Morgan fingerprint density at radius 2 is 1.62 bits per heavy atom. The van der Waals surface area contributed by atoms with Gasteiger partial charge in [-0.15, -0.1) is 0 Å². The van der Waals surface area contributed by atoms with E-state index in [0.717, 1.165) is 0 Å². The Morgan fingerprint density at radius 3 is 1.94 bits per heavy atom. The summed E-state index contributed by atoms with van der Waals surface area (Å²) in [5, 5.41) is 0. The quantitative estimate of drug-likeness (QED) is 0.677. The molecule has 0 aliphatic carbocycles. The number of amides is 2. The second-order valence-corrected chi connectivity index (χ2v) is 3.28. The van der Waals surface area contributed by atoms with Gasteiger partial charge in [0.15, 0.2) is 0 Å². The molecular weight excluding hydrogens is 210 g/mol. The van der Waals surface area contributed by atoms with Crippen LogP contribution in [-0.2, 0) is 22.4 Å². The molecule has 0 aromatic carbocycles. The molecule has 0 aliphatic rings. The van der Waals surface area contributed by atoms with E-state index >= 15 is 0 Å². The fourth-order valence-electron chi connectivity index (χ4n) is 1.28. The molecule has 0 radical (unpaired) electrons. The summed E-state index contributed by atoms with van der Waals surface area (Å²) in [6.07, 6.45) is 0.00588. The van der Waals surface area contributed by atoms with Crippen LogP contribution in [0.4, 0.5) is 0 Å². The number of carbonyl (C=O) groups is 2. The van der Waals surface area contributed by atoms with Crippen LogP contribution < -0.4 is 16.2 Å². The lowest BCUT2D eigenvalue weighted by atomic mass is 10.2. The molecule has 0 unspecified atom stereocenters. The third-order valence-electron chi connectivity index (χ3n) is 1.85. The maximum absolute atomic E-state index is 10.8. The Kier molecular flexibility index (Phi) is 3.82. The van der Waals surface area contributed by atoms with Crippen LogP contribution in [0, 0.1) is 0 Å². The van der Waals surface area contributed by atoms with Gasteiger partial charge in [-0.3, -0.25) is 14.6 Å². The van der Waals surface area contributed by atoms with Gasteiger partial charge in [0.1, 0.15) is 5.75 Å². The highest BCUT2D eigenvalue weighted by atomic mass is 16.5. The number of rotatable bonds is 5. The van der Waals surface area contributed by atoms with Gasteiger partial charge in [-0.25, -0.2) is 0 Å². The number of hydrogen-bond donors (Lipinski definition) is 2. The van der Waals surface area contributed by atoms with E-state index in [1.807, 2.05) is 0 Å². The SMILES string of the molecule is COc1cc(CC(N)=O)nc(CC(N)=O)c1. The largest absolute Gasteiger partial charge is 0.497 e. The van der Waals surface area contributed by atoms with Gasteiger partial charge in [0.25, 0.3) is 0 Å². The average Bonchev–Trinajstić information content (AvgIpc) is 2.14. The molecule has 0 fully saturated rings. The summed E-state index contributed by atoms with van der Waals surface area (Å²) in [7, 11) is 1.48. The molecule has 16 heavy (non-hydrogen) atoms. The van der Waals surface area contributed by atoms with Crippen molar-refractivity contribution in [2.24, 2.45) is 11.5 Å². The van der Waals surface area contributed by atoms with Crippen molar-refractivity contribution >= 4 is 11.8 Å². The van der Waals surface area contributed by atoms with E-state index < -0.39 is 11.8 Å². The number of ether oxygens (including phenoxy) is 1. The molecule has 4 N–H and O–H groups in total. The first kappa shape index (κ1) is 12.0. The Morgan fingerprint density at radius 1 is 1.19 bits per heavy atom. The molecule has 0 saturated carbocycles. The van der Waals surface area contributed by atoms with Gasteiger partial charge in [-0.1, -0.05) is 0 Å². The normalized spacial score (nSPS) is 9.81. The van der Waals surface area contributed by atoms with Gasteiger partial charge >= 0.3 is 0 Å². The van der Waals surface area contributed by atoms with Crippen molar-refractivity contribution in [2.45, 2.75) is 12.8 Å². The summed E-state index contributed by atoms with van der Waals surface area (Å²) in [6, 6.07) is 3.19. The first-order chi connectivity index (χ1) is 7.51. The summed E-state index contributed by atoms with van der Waals surface area (Å²) < 4.78 is 5.01. The summed E-state index contributed by atoms with van der Waals surface area (Å²) in [6.45, 7) is 0. The minimum atomic E-state index is -0.495. The van der Waals surface area contributed by atoms with Gasteiger partial charge in [0, 0.05) is 12.1 Å². The molecule has 1 aromatic rings. The van der Waals surface area contributed by atoms with Crippen molar-refractivity contribution in [3.8, 4) is 5.75 Å². The maximum Gasteiger partial charge on any atom is 0.223 e. The Hall–Kier alpha value is -2.11. The van der Waals surface area contributed by atoms with E-state index in [4.69, 9.17) is 16.2 Å². The first-order valence-corrected chi connectivity index (χ1v) is 4.61. The molecule has 1 aromatic heterocycles. The van der Waals surface area contributed by atoms with Crippen LogP contribution in [0.15, 0.2) is 12.1 Å². The van der Waals surface area contributed by atoms with Crippen molar-refractivity contribution in [1.29, 1.82) is 0 Å². The van der Waals surface area contributed by atoms with Gasteiger partial charge in [-0.05, 0) is 0 Å². The zero-order valence-electron chi connectivity index (χ0n) is 8.90. The molecular formula is C10H13N3O3. The average molecular weight is 223 g/mol. The number of carbonyl (C=O) groups excluding carboxylic acids is 2. The number of nitrogens with two attached hydrogens (primary N) is 2. The zero-order valence-corrected chi connectivity index (χ0v) is 8.90. The van der Waals surface area contributed by atoms with Crippen molar-refractivity contribution in [2.75, 3.05) is 7.11 Å². The Balaban J connectivity index is 3.00. The molecule has 6 heteroatoms. The molecule has 0 atom stereocenters. The number of nitrogens with zero attached hydrogens (tertiary/aromatic N) is 1. The van der Waals surface area contributed by atoms with Crippen molar-refractivity contribution < 1.29 is 14.3 Å². The molecule has 2 amide bonds. The van der Waals surface area contributed by atoms with Crippen LogP contribution in [-0.4, -0.2) is 23.9 Å². The fourth-order valence-corrected chi connectivity index (χ4v) is 1.28. The smallest absolute Gasteiger partial charge is 0.223 e. The molecule has 86 valence electrons. The monoisotopic (exact) mass is 223 g/mol. The molecule has 6 nitrogen and oxygen atoms in total. The minimum absolute atomic E-state index is 0.00294. The summed E-state index contributed by atoms with van der Waals surface area (Å²) >= 11 is 0. The van der Waals surface area contributed by atoms with Crippen LogP contribution in [0.25, 0.3) is 0 Å². The van der Waals surface area contributed by atoms with Gasteiger partial charge in [-0.2, -0.15) is 0 Å². The molecule has 0 bridgehead atoms. The Labute approximate surface area is 92.6 Å². The second kappa shape index (κ2) is 5.11. The lowest BCUT2D eigenvalue weighted by molar-refractivity contribution is -0.118. The predicted molar refractivity (Wildman–Crippen MR) is 56.6 cm³/mol. The number of aromatic nitrogens is 1. The van der Waals surface area contributed by atoms with Crippen LogP contribution >= 0.6 is 0 Å². The van der Waals surface area contributed by atoms with Crippen molar-refractivity contribution in [3.05, 3.63) is 23.5 Å². The molecule has 1 rings (SSSR count). The summed E-state index contributed by atoms with van der Waals surface area (Å²) in [4.78, 5) is 25.6. The standard InChI is InChI=1S/C10H13N3O3/c1-16-8-2-6(4-9(11)14)13-7(3-8)5-10(12)15/h2-3H,4-5H2,1H3,(H2,11,14)(H2,12,15). The highest BCUT2D eigenvalue weighted by Gasteiger charge is 2.07. The van der Waals surface area contributed by atoms with Crippen LogP contribution in [0.2, 0.25) is 0 Å². The lowest BCUT2D eigenvalue weighted by Gasteiger charge is -2.06. The van der Waals surface area contributed by atoms with E-state index in [2.05, 4.69) is 4.98 Å². The highest BCUT2D eigenvalue weighted by Crippen LogP contribution is 2.14. The second-order valence-electron chi connectivity index (χ2n) is 3.28. The number of hydrogen-bond acceptors (Lipinski definition) is 4. The molecule has 0 saturated heterocycles. The number of methoxy groups -OCH3 is 1. The van der Waals surface area contributed by atoms with Gasteiger partial charge in [0.05, 0.1) is 31.3 Å². The zero-order chi connectivity index (χ0) is 12.1. The fraction of sp³-hybridized carbons (Fsp3) is 0.300. The van der Waals surface area contributed by atoms with E-state index in [0.29, 0.717) is 17.1 Å². The van der Waals surface area contributed by atoms with Gasteiger partial charge in [0.2, 0.25) is 11.8 Å². The third-order valence-corrected chi connectivity index (χ3v) is 1.85. The van der Waals surface area contributed by atoms with E-state index in [1.165, 1.54) is 7.11 Å². The highest BCUT2D eigenvalue weighted by molar-refractivity contribution is 5.77. The van der Waals surface area contributed by atoms with E-state index in [-0.39, 0.29) is 12.8 Å². The van der Waals surface area contributed by atoms with Gasteiger partial charge < -0.3 is 16.2 Å². The summed E-state index contributed by atoms with van der Waals surface area (Å²) in [5.74, 6) is -0.473. The molecule has 1 heterocycles. The van der Waals surface area contributed by atoms with Crippen molar-refractivity contribution in [3.63, 3.8) is 0 Å².